The standard InChI is InChI=1S/C13H14N2O3S.BrH/c1-2-17-12(16)7-18-11-6-4-3-5-9(11)10-8-19-13(14)15-10;/h3-6,8H,2,7H2,1H3,(H2,14,15);1H. The van der Waals surface area contributed by atoms with Crippen molar-refractivity contribution in [2.45, 2.75) is 6.92 Å². The van der Waals surface area contributed by atoms with Gasteiger partial charge in [0.2, 0.25) is 0 Å². The van der Waals surface area contributed by atoms with Gasteiger partial charge in [-0.25, -0.2) is 9.78 Å². The van der Waals surface area contributed by atoms with Crippen LogP contribution in [0.2, 0.25) is 0 Å². The van der Waals surface area contributed by atoms with Gasteiger partial charge >= 0.3 is 5.97 Å². The van der Waals surface area contributed by atoms with Crippen molar-refractivity contribution in [1.29, 1.82) is 0 Å². The summed E-state index contributed by atoms with van der Waals surface area (Å²) in [5.74, 6) is 0.191. The lowest BCUT2D eigenvalue weighted by molar-refractivity contribution is -0.145. The van der Waals surface area contributed by atoms with Crippen LogP contribution in [0.1, 0.15) is 6.92 Å². The van der Waals surface area contributed by atoms with Crippen LogP contribution in [0.3, 0.4) is 0 Å². The molecule has 0 unspecified atom stereocenters. The molecular weight excluding hydrogens is 344 g/mol. The van der Waals surface area contributed by atoms with Gasteiger partial charge in [0.05, 0.1) is 12.3 Å². The predicted molar refractivity (Wildman–Crippen MR) is 84.4 cm³/mol. The zero-order chi connectivity index (χ0) is 13.7. The first-order valence-corrected chi connectivity index (χ1v) is 6.67. The van der Waals surface area contributed by atoms with E-state index in [0.29, 0.717) is 17.5 Å². The fraction of sp³-hybridized carbons (Fsp3) is 0.231. The van der Waals surface area contributed by atoms with Crippen LogP contribution in [-0.4, -0.2) is 24.2 Å². The summed E-state index contributed by atoms with van der Waals surface area (Å²) in [6, 6.07) is 7.36. The molecule has 7 heteroatoms. The van der Waals surface area contributed by atoms with Gasteiger partial charge in [0, 0.05) is 10.9 Å². The Kier molecular flexibility index (Phi) is 6.47. The Labute approximate surface area is 131 Å². The highest BCUT2D eigenvalue weighted by molar-refractivity contribution is 8.93. The second kappa shape index (κ2) is 7.86. The fourth-order valence-electron chi connectivity index (χ4n) is 1.55. The molecule has 0 spiro atoms. The van der Waals surface area contributed by atoms with Crippen LogP contribution < -0.4 is 10.5 Å². The maximum Gasteiger partial charge on any atom is 0.344 e. The van der Waals surface area contributed by atoms with Crippen LogP contribution in [0.4, 0.5) is 5.13 Å². The Bertz CT molecular complexity index is 574. The number of benzene rings is 1. The van der Waals surface area contributed by atoms with Gasteiger partial charge < -0.3 is 15.2 Å². The smallest absolute Gasteiger partial charge is 0.344 e. The molecule has 0 radical (unpaired) electrons. The number of anilines is 1. The molecule has 0 aliphatic rings. The number of rotatable bonds is 5. The predicted octanol–water partition coefficient (Wildman–Crippen LogP) is 2.91. The monoisotopic (exact) mass is 358 g/mol. The molecule has 0 fully saturated rings. The molecule has 0 saturated heterocycles. The average Bonchev–Trinajstić information content (AvgIpc) is 2.84. The minimum absolute atomic E-state index is 0. The second-order valence-electron chi connectivity index (χ2n) is 3.66. The summed E-state index contributed by atoms with van der Waals surface area (Å²) in [5, 5.41) is 2.34. The van der Waals surface area contributed by atoms with E-state index in [0.717, 1.165) is 11.3 Å². The third kappa shape index (κ3) is 4.21. The first-order valence-electron chi connectivity index (χ1n) is 5.79. The van der Waals surface area contributed by atoms with E-state index in [4.69, 9.17) is 15.2 Å². The summed E-state index contributed by atoms with van der Waals surface area (Å²) in [4.78, 5) is 15.5. The zero-order valence-electron chi connectivity index (χ0n) is 10.9. The van der Waals surface area contributed by atoms with E-state index in [2.05, 4.69) is 4.98 Å². The Morgan fingerprint density at radius 2 is 2.15 bits per heavy atom. The molecule has 1 heterocycles. The Morgan fingerprint density at radius 3 is 2.80 bits per heavy atom. The van der Waals surface area contributed by atoms with Crippen LogP contribution in [-0.2, 0) is 9.53 Å². The molecule has 0 saturated carbocycles. The highest BCUT2D eigenvalue weighted by atomic mass is 79.9. The summed E-state index contributed by atoms with van der Waals surface area (Å²) < 4.78 is 10.3. The van der Waals surface area contributed by atoms with Crippen molar-refractivity contribution in [3.05, 3.63) is 29.6 Å². The molecular formula is C13H15BrN2O3S. The molecule has 2 rings (SSSR count). The maximum atomic E-state index is 11.3. The van der Waals surface area contributed by atoms with Gasteiger partial charge in [0.25, 0.3) is 0 Å². The number of aromatic nitrogens is 1. The number of ether oxygens (including phenoxy) is 2. The van der Waals surface area contributed by atoms with Crippen LogP contribution in [0, 0.1) is 0 Å². The molecule has 108 valence electrons. The van der Waals surface area contributed by atoms with E-state index < -0.39 is 5.97 Å². The van der Waals surface area contributed by atoms with Gasteiger partial charge in [-0.2, -0.15) is 0 Å². The molecule has 20 heavy (non-hydrogen) atoms. The number of carbonyl (C=O) groups is 1. The minimum Gasteiger partial charge on any atom is -0.481 e. The van der Waals surface area contributed by atoms with Gasteiger partial charge in [-0.15, -0.1) is 28.3 Å². The van der Waals surface area contributed by atoms with E-state index in [1.54, 1.807) is 13.0 Å². The highest BCUT2D eigenvalue weighted by Gasteiger charge is 2.10. The van der Waals surface area contributed by atoms with Crippen LogP contribution in [0.5, 0.6) is 5.75 Å². The van der Waals surface area contributed by atoms with E-state index in [-0.39, 0.29) is 23.6 Å². The second-order valence-corrected chi connectivity index (χ2v) is 4.55. The highest BCUT2D eigenvalue weighted by Crippen LogP contribution is 2.31. The van der Waals surface area contributed by atoms with E-state index >= 15 is 0 Å². The molecule has 2 N–H and O–H groups in total. The van der Waals surface area contributed by atoms with Crippen molar-refractivity contribution >= 4 is 39.4 Å². The summed E-state index contributed by atoms with van der Waals surface area (Å²) in [6.45, 7) is 1.97. The molecule has 0 atom stereocenters. The molecule has 0 aliphatic carbocycles. The van der Waals surface area contributed by atoms with Crippen LogP contribution in [0.25, 0.3) is 11.3 Å². The molecule has 1 aromatic carbocycles. The first kappa shape index (κ1) is 16.5. The first-order chi connectivity index (χ1) is 9.20. The lowest BCUT2D eigenvalue weighted by Crippen LogP contribution is -2.14. The lowest BCUT2D eigenvalue weighted by Gasteiger charge is -2.09. The number of nitrogen functional groups attached to an aromatic ring is 1. The number of hydrogen-bond acceptors (Lipinski definition) is 6. The Hall–Kier alpha value is -1.60. The third-order valence-electron chi connectivity index (χ3n) is 2.34. The van der Waals surface area contributed by atoms with Crippen LogP contribution in [0.15, 0.2) is 29.6 Å². The normalized spacial score (nSPS) is 9.65. The van der Waals surface area contributed by atoms with E-state index in [1.807, 2.05) is 23.6 Å². The van der Waals surface area contributed by atoms with Gasteiger partial charge in [-0.3, -0.25) is 0 Å². The zero-order valence-corrected chi connectivity index (χ0v) is 13.4. The summed E-state index contributed by atoms with van der Waals surface area (Å²) in [5.41, 5.74) is 7.16. The van der Waals surface area contributed by atoms with Gasteiger partial charge in [-0.05, 0) is 19.1 Å². The SMILES string of the molecule is Br.CCOC(=O)COc1ccccc1-c1csc(N)n1. The molecule has 0 bridgehead atoms. The molecule has 0 amide bonds. The van der Waals surface area contributed by atoms with Gasteiger partial charge in [0.15, 0.2) is 11.7 Å². The largest absolute Gasteiger partial charge is 0.481 e. The molecule has 0 aliphatic heterocycles. The number of thiazole rings is 1. The van der Waals surface area contributed by atoms with Crippen molar-refractivity contribution in [1.82, 2.24) is 4.98 Å². The number of para-hydroxylation sites is 1. The van der Waals surface area contributed by atoms with Gasteiger partial charge in [-0.1, -0.05) is 12.1 Å². The van der Waals surface area contributed by atoms with Crippen molar-refractivity contribution in [2.75, 3.05) is 18.9 Å². The average molecular weight is 359 g/mol. The molecule has 2 aromatic rings. The summed E-state index contributed by atoms with van der Waals surface area (Å²) >= 11 is 1.36. The summed E-state index contributed by atoms with van der Waals surface area (Å²) in [7, 11) is 0. The molecule has 1 aromatic heterocycles. The third-order valence-corrected chi connectivity index (χ3v) is 3.01. The molecule has 5 nitrogen and oxygen atoms in total. The van der Waals surface area contributed by atoms with E-state index in [9.17, 15) is 4.79 Å². The number of hydrogen-bond donors (Lipinski definition) is 1. The number of esters is 1. The minimum atomic E-state index is -0.393. The fourth-order valence-corrected chi connectivity index (χ4v) is 2.12. The van der Waals surface area contributed by atoms with Gasteiger partial charge in [0.1, 0.15) is 5.75 Å². The lowest BCUT2D eigenvalue weighted by atomic mass is 10.1. The van der Waals surface area contributed by atoms with Crippen molar-refractivity contribution in [3.8, 4) is 17.0 Å². The Balaban J connectivity index is 0.00000200. The number of carbonyl (C=O) groups excluding carboxylic acids is 1. The van der Waals surface area contributed by atoms with Crippen molar-refractivity contribution in [2.24, 2.45) is 0 Å². The quantitative estimate of drug-likeness (QED) is 0.831. The number of nitrogens with two attached hydrogens (primary N) is 1. The van der Waals surface area contributed by atoms with Crippen molar-refractivity contribution < 1.29 is 14.3 Å². The number of halogens is 1. The number of nitrogens with zero attached hydrogens (tertiary/aromatic N) is 1. The van der Waals surface area contributed by atoms with Crippen LogP contribution >= 0.6 is 28.3 Å². The Morgan fingerprint density at radius 1 is 1.40 bits per heavy atom. The maximum absolute atomic E-state index is 11.3. The van der Waals surface area contributed by atoms with Crippen molar-refractivity contribution in [3.63, 3.8) is 0 Å². The summed E-state index contributed by atoms with van der Waals surface area (Å²) in [6.07, 6.45) is 0. The topological polar surface area (TPSA) is 74.4 Å². The van der Waals surface area contributed by atoms with E-state index in [1.165, 1.54) is 11.3 Å².